The van der Waals surface area contributed by atoms with Crippen LogP contribution in [0, 0.1) is 5.92 Å². The third kappa shape index (κ3) is 4.99. The monoisotopic (exact) mass is 403 g/mol. The molecule has 0 unspecified atom stereocenters. The number of rotatable bonds is 8. The van der Waals surface area contributed by atoms with Crippen LogP contribution < -0.4 is 4.74 Å². The molecule has 1 aliphatic carbocycles. The SMILES string of the molecule is CCOC(=O)CCc1cnc(OCC2CCCC2)c(-c2ccc3ccccc3c2)c1. The second kappa shape index (κ2) is 9.75. The van der Waals surface area contributed by atoms with Gasteiger partial charge in [0.05, 0.1) is 13.2 Å². The summed E-state index contributed by atoms with van der Waals surface area (Å²) in [6.45, 7) is 2.96. The van der Waals surface area contributed by atoms with Crippen LogP contribution in [0.4, 0.5) is 0 Å². The van der Waals surface area contributed by atoms with Gasteiger partial charge in [-0.1, -0.05) is 49.2 Å². The quantitative estimate of drug-likeness (QED) is 0.435. The molecule has 30 heavy (non-hydrogen) atoms. The molecule has 4 heteroatoms. The molecule has 1 saturated carbocycles. The molecule has 4 rings (SSSR count). The van der Waals surface area contributed by atoms with Gasteiger partial charge in [-0.2, -0.15) is 0 Å². The number of esters is 1. The van der Waals surface area contributed by atoms with Crippen molar-refractivity contribution in [3.63, 3.8) is 0 Å². The van der Waals surface area contributed by atoms with Gasteiger partial charge < -0.3 is 9.47 Å². The van der Waals surface area contributed by atoms with Gasteiger partial charge in [0, 0.05) is 18.2 Å². The Morgan fingerprint density at radius 1 is 1.07 bits per heavy atom. The molecule has 0 spiro atoms. The Morgan fingerprint density at radius 2 is 1.87 bits per heavy atom. The lowest BCUT2D eigenvalue weighted by Gasteiger charge is -2.15. The number of hydrogen-bond acceptors (Lipinski definition) is 4. The topological polar surface area (TPSA) is 48.4 Å². The Bertz CT molecular complexity index is 1010. The van der Waals surface area contributed by atoms with E-state index in [2.05, 4.69) is 53.5 Å². The molecule has 0 radical (unpaired) electrons. The van der Waals surface area contributed by atoms with Crippen molar-refractivity contribution in [2.24, 2.45) is 5.92 Å². The fourth-order valence-electron chi connectivity index (χ4n) is 4.16. The Hall–Kier alpha value is -2.88. The molecule has 0 atom stereocenters. The number of carbonyl (C=O) groups is 1. The molecule has 1 heterocycles. The number of ether oxygens (including phenoxy) is 2. The summed E-state index contributed by atoms with van der Waals surface area (Å²) < 4.78 is 11.3. The number of benzene rings is 2. The summed E-state index contributed by atoms with van der Waals surface area (Å²) >= 11 is 0. The molecule has 2 aromatic carbocycles. The van der Waals surface area contributed by atoms with Crippen LogP contribution in [-0.2, 0) is 16.0 Å². The zero-order chi connectivity index (χ0) is 20.8. The number of aryl methyl sites for hydroxylation is 1. The van der Waals surface area contributed by atoms with Crippen LogP contribution in [0.5, 0.6) is 5.88 Å². The van der Waals surface area contributed by atoms with Crippen LogP contribution in [-0.4, -0.2) is 24.2 Å². The zero-order valence-corrected chi connectivity index (χ0v) is 17.6. The van der Waals surface area contributed by atoms with E-state index < -0.39 is 0 Å². The van der Waals surface area contributed by atoms with Gasteiger partial charge in [-0.05, 0) is 66.1 Å². The van der Waals surface area contributed by atoms with Gasteiger partial charge >= 0.3 is 5.97 Å². The van der Waals surface area contributed by atoms with Gasteiger partial charge in [-0.3, -0.25) is 4.79 Å². The van der Waals surface area contributed by atoms with Gasteiger partial charge in [0.1, 0.15) is 0 Å². The lowest BCUT2D eigenvalue weighted by molar-refractivity contribution is -0.143. The molecule has 4 nitrogen and oxygen atoms in total. The Kier molecular flexibility index (Phi) is 6.63. The smallest absolute Gasteiger partial charge is 0.306 e. The standard InChI is InChI=1S/C26H29NO3/c1-2-29-25(28)14-11-20-15-24(23-13-12-21-9-5-6-10-22(21)16-23)26(27-17-20)30-18-19-7-3-4-8-19/h5-6,9-10,12-13,15-17,19H,2-4,7-8,11,14,18H2,1H3. The third-order valence-corrected chi connectivity index (χ3v) is 5.82. The highest BCUT2D eigenvalue weighted by Gasteiger charge is 2.18. The van der Waals surface area contributed by atoms with Gasteiger partial charge in [0.25, 0.3) is 0 Å². The minimum atomic E-state index is -0.175. The predicted octanol–water partition coefficient (Wildman–Crippen LogP) is 5.97. The first-order valence-electron chi connectivity index (χ1n) is 11.0. The molecule has 3 aromatic rings. The number of hydrogen-bond donors (Lipinski definition) is 0. The molecule has 0 bridgehead atoms. The summed E-state index contributed by atoms with van der Waals surface area (Å²) in [6.07, 6.45) is 7.86. The number of pyridine rings is 1. The molecular weight excluding hydrogens is 374 g/mol. The number of carbonyl (C=O) groups excluding carboxylic acids is 1. The highest BCUT2D eigenvalue weighted by atomic mass is 16.5. The van der Waals surface area contributed by atoms with Crippen LogP contribution >= 0.6 is 0 Å². The van der Waals surface area contributed by atoms with Crippen molar-refractivity contribution in [2.45, 2.75) is 45.4 Å². The summed E-state index contributed by atoms with van der Waals surface area (Å²) in [5.74, 6) is 1.13. The fourth-order valence-corrected chi connectivity index (χ4v) is 4.16. The van der Waals surface area contributed by atoms with Crippen molar-refractivity contribution in [2.75, 3.05) is 13.2 Å². The Labute approximate surface area is 178 Å². The molecule has 1 aromatic heterocycles. The summed E-state index contributed by atoms with van der Waals surface area (Å²) in [5.41, 5.74) is 3.08. The molecule has 0 aliphatic heterocycles. The fraction of sp³-hybridized carbons (Fsp3) is 0.385. The maximum Gasteiger partial charge on any atom is 0.306 e. The minimum Gasteiger partial charge on any atom is -0.477 e. The van der Waals surface area contributed by atoms with Crippen molar-refractivity contribution in [3.8, 4) is 17.0 Å². The molecular formula is C26H29NO3. The molecule has 1 aliphatic rings. The van der Waals surface area contributed by atoms with E-state index in [0.29, 0.717) is 31.2 Å². The highest BCUT2D eigenvalue weighted by Crippen LogP contribution is 2.33. The lowest BCUT2D eigenvalue weighted by Crippen LogP contribution is -2.10. The molecule has 1 fully saturated rings. The molecule has 0 saturated heterocycles. The summed E-state index contributed by atoms with van der Waals surface area (Å²) in [5, 5.41) is 2.40. The van der Waals surface area contributed by atoms with Crippen molar-refractivity contribution in [1.82, 2.24) is 4.98 Å². The normalized spacial score (nSPS) is 14.2. The lowest BCUT2D eigenvalue weighted by atomic mass is 10.00. The number of nitrogens with zero attached hydrogens (tertiary/aromatic N) is 1. The summed E-state index contributed by atoms with van der Waals surface area (Å²) in [4.78, 5) is 16.4. The number of aromatic nitrogens is 1. The Morgan fingerprint density at radius 3 is 2.67 bits per heavy atom. The van der Waals surface area contributed by atoms with E-state index in [9.17, 15) is 4.79 Å². The van der Waals surface area contributed by atoms with Crippen LogP contribution in [0.25, 0.3) is 21.9 Å². The van der Waals surface area contributed by atoms with E-state index in [4.69, 9.17) is 9.47 Å². The van der Waals surface area contributed by atoms with Gasteiger partial charge in [-0.15, -0.1) is 0 Å². The third-order valence-electron chi connectivity index (χ3n) is 5.82. The maximum absolute atomic E-state index is 11.8. The largest absolute Gasteiger partial charge is 0.477 e. The van der Waals surface area contributed by atoms with Crippen LogP contribution in [0.3, 0.4) is 0 Å². The second-order valence-corrected chi connectivity index (χ2v) is 8.02. The van der Waals surface area contributed by atoms with E-state index in [-0.39, 0.29) is 5.97 Å². The number of fused-ring (bicyclic) bond motifs is 1. The second-order valence-electron chi connectivity index (χ2n) is 8.02. The van der Waals surface area contributed by atoms with Crippen molar-refractivity contribution >= 4 is 16.7 Å². The first-order chi connectivity index (χ1) is 14.7. The van der Waals surface area contributed by atoms with E-state index in [0.717, 1.165) is 23.3 Å². The van der Waals surface area contributed by atoms with E-state index in [1.165, 1.54) is 36.5 Å². The molecule has 0 N–H and O–H groups in total. The molecule has 0 amide bonds. The minimum absolute atomic E-state index is 0.175. The van der Waals surface area contributed by atoms with Crippen LogP contribution in [0.2, 0.25) is 0 Å². The van der Waals surface area contributed by atoms with Crippen molar-refractivity contribution in [1.29, 1.82) is 0 Å². The van der Waals surface area contributed by atoms with Crippen LogP contribution in [0.15, 0.2) is 54.7 Å². The average Bonchev–Trinajstić information content (AvgIpc) is 3.30. The summed E-state index contributed by atoms with van der Waals surface area (Å²) in [6, 6.07) is 16.9. The van der Waals surface area contributed by atoms with E-state index >= 15 is 0 Å². The van der Waals surface area contributed by atoms with Crippen molar-refractivity contribution in [3.05, 3.63) is 60.3 Å². The van der Waals surface area contributed by atoms with E-state index in [1.54, 1.807) is 0 Å². The average molecular weight is 404 g/mol. The predicted molar refractivity (Wildman–Crippen MR) is 120 cm³/mol. The molecule has 156 valence electrons. The van der Waals surface area contributed by atoms with Gasteiger partial charge in [-0.25, -0.2) is 4.98 Å². The van der Waals surface area contributed by atoms with Crippen molar-refractivity contribution < 1.29 is 14.3 Å². The van der Waals surface area contributed by atoms with Gasteiger partial charge in [0.2, 0.25) is 5.88 Å². The van der Waals surface area contributed by atoms with Gasteiger partial charge in [0.15, 0.2) is 0 Å². The maximum atomic E-state index is 11.8. The first kappa shape index (κ1) is 20.4. The van der Waals surface area contributed by atoms with Crippen LogP contribution in [0.1, 0.15) is 44.6 Å². The first-order valence-corrected chi connectivity index (χ1v) is 11.0. The van der Waals surface area contributed by atoms with E-state index in [1.807, 2.05) is 13.1 Å². The summed E-state index contributed by atoms with van der Waals surface area (Å²) in [7, 11) is 0. The zero-order valence-electron chi connectivity index (χ0n) is 17.6. The Balaban J connectivity index is 1.61. The highest BCUT2D eigenvalue weighted by molar-refractivity contribution is 5.88.